The van der Waals surface area contributed by atoms with Gasteiger partial charge in [0, 0.05) is 25.7 Å². The zero-order valence-corrected chi connectivity index (χ0v) is 11.0. The van der Waals surface area contributed by atoms with Crippen molar-refractivity contribution in [3.8, 4) is 0 Å². The van der Waals surface area contributed by atoms with E-state index in [0.29, 0.717) is 6.04 Å². The van der Waals surface area contributed by atoms with Gasteiger partial charge in [-0.15, -0.1) is 0 Å². The van der Waals surface area contributed by atoms with Crippen LogP contribution < -0.4 is 0 Å². The molecule has 1 saturated carbocycles. The highest BCUT2D eigenvalue weighted by Gasteiger charge is 2.26. The molecule has 0 atom stereocenters. The zero-order valence-electron chi connectivity index (χ0n) is 11.0. The Balaban J connectivity index is 2.60. The molecule has 1 aliphatic rings. The maximum absolute atomic E-state index is 12.3. The van der Waals surface area contributed by atoms with Crippen LogP contribution in [0.15, 0.2) is 0 Å². The van der Waals surface area contributed by atoms with Crippen molar-refractivity contribution in [3.63, 3.8) is 0 Å². The summed E-state index contributed by atoms with van der Waals surface area (Å²) in [7, 11) is 0. The normalized spacial score (nSPS) is 17.2. The standard InChI is InChI=1S/C13H26N2O/c1-4-14(5-2)13(16)15(6-3)12-10-8-7-9-11-12/h12H,4-11H2,1-3H3. The molecule has 3 nitrogen and oxygen atoms in total. The number of carbonyl (C=O) groups is 1. The Kier molecular flexibility index (Phi) is 5.64. The number of rotatable bonds is 4. The molecule has 1 aliphatic carbocycles. The maximum atomic E-state index is 12.3. The fourth-order valence-electron chi connectivity index (χ4n) is 2.62. The molecule has 0 N–H and O–H groups in total. The Morgan fingerprint density at radius 3 is 2.00 bits per heavy atom. The van der Waals surface area contributed by atoms with Crippen molar-refractivity contribution in [1.82, 2.24) is 9.80 Å². The second-order valence-corrected chi connectivity index (χ2v) is 4.53. The van der Waals surface area contributed by atoms with Gasteiger partial charge in [-0.1, -0.05) is 19.3 Å². The highest BCUT2D eigenvalue weighted by molar-refractivity contribution is 5.74. The van der Waals surface area contributed by atoms with Gasteiger partial charge in [0.05, 0.1) is 0 Å². The van der Waals surface area contributed by atoms with E-state index in [1.165, 1.54) is 32.1 Å². The first-order valence-electron chi connectivity index (χ1n) is 6.80. The predicted octanol–water partition coefficient (Wildman–Crippen LogP) is 3.10. The molecule has 0 unspecified atom stereocenters. The van der Waals surface area contributed by atoms with E-state index in [1.54, 1.807) is 0 Å². The Labute approximate surface area is 99.8 Å². The molecule has 1 rings (SSSR count). The predicted molar refractivity (Wildman–Crippen MR) is 67.6 cm³/mol. The molecule has 16 heavy (non-hydrogen) atoms. The highest BCUT2D eigenvalue weighted by Crippen LogP contribution is 2.23. The first-order valence-corrected chi connectivity index (χ1v) is 6.80. The van der Waals surface area contributed by atoms with Crippen LogP contribution in [-0.4, -0.2) is 41.5 Å². The minimum Gasteiger partial charge on any atom is -0.325 e. The molecule has 0 aromatic carbocycles. The summed E-state index contributed by atoms with van der Waals surface area (Å²) in [6.07, 6.45) is 6.30. The summed E-state index contributed by atoms with van der Waals surface area (Å²) in [4.78, 5) is 16.3. The highest BCUT2D eigenvalue weighted by atomic mass is 16.2. The number of hydrogen-bond donors (Lipinski definition) is 0. The molecule has 0 radical (unpaired) electrons. The van der Waals surface area contributed by atoms with E-state index < -0.39 is 0 Å². The summed E-state index contributed by atoms with van der Waals surface area (Å²) in [6.45, 7) is 8.68. The fourth-order valence-corrected chi connectivity index (χ4v) is 2.62. The quantitative estimate of drug-likeness (QED) is 0.722. The van der Waals surface area contributed by atoms with Gasteiger partial charge in [0.2, 0.25) is 0 Å². The lowest BCUT2D eigenvalue weighted by Gasteiger charge is -2.36. The van der Waals surface area contributed by atoms with Gasteiger partial charge in [0.1, 0.15) is 0 Å². The molecule has 0 aromatic rings. The van der Waals surface area contributed by atoms with E-state index in [2.05, 4.69) is 25.7 Å². The van der Waals surface area contributed by atoms with Crippen LogP contribution in [0, 0.1) is 0 Å². The van der Waals surface area contributed by atoms with E-state index in [-0.39, 0.29) is 6.03 Å². The van der Waals surface area contributed by atoms with Gasteiger partial charge in [-0.3, -0.25) is 0 Å². The van der Waals surface area contributed by atoms with E-state index >= 15 is 0 Å². The minimum absolute atomic E-state index is 0.236. The third kappa shape index (κ3) is 3.13. The van der Waals surface area contributed by atoms with Crippen LogP contribution in [0.2, 0.25) is 0 Å². The number of amides is 2. The number of urea groups is 1. The Hall–Kier alpha value is -0.730. The summed E-state index contributed by atoms with van der Waals surface area (Å²) in [5.41, 5.74) is 0. The molecular formula is C13H26N2O. The molecule has 0 aliphatic heterocycles. The van der Waals surface area contributed by atoms with Gasteiger partial charge in [0.15, 0.2) is 0 Å². The van der Waals surface area contributed by atoms with Crippen LogP contribution in [-0.2, 0) is 0 Å². The lowest BCUT2D eigenvalue weighted by Crippen LogP contribution is -2.48. The molecule has 0 spiro atoms. The van der Waals surface area contributed by atoms with E-state index in [1.807, 2.05) is 4.90 Å². The molecule has 3 heteroatoms. The van der Waals surface area contributed by atoms with Crippen molar-refractivity contribution >= 4 is 6.03 Å². The Morgan fingerprint density at radius 2 is 1.56 bits per heavy atom. The van der Waals surface area contributed by atoms with Crippen LogP contribution in [0.4, 0.5) is 4.79 Å². The van der Waals surface area contributed by atoms with Crippen molar-refractivity contribution in [2.75, 3.05) is 19.6 Å². The van der Waals surface area contributed by atoms with Crippen molar-refractivity contribution in [2.24, 2.45) is 0 Å². The molecule has 1 fully saturated rings. The number of nitrogens with zero attached hydrogens (tertiary/aromatic N) is 2. The smallest absolute Gasteiger partial charge is 0.320 e. The lowest BCUT2D eigenvalue weighted by atomic mass is 9.94. The van der Waals surface area contributed by atoms with Crippen LogP contribution in [0.1, 0.15) is 52.9 Å². The maximum Gasteiger partial charge on any atom is 0.320 e. The molecule has 0 heterocycles. The second kappa shape index (κ2) is 6.77. The third-order valence-corrected chi connectivity index (χ3v) is 3.64. The summed E-state index contributed by atoms with van der Waals surface area (Å²) in [5, 5.41) is 0. The van der Waals surface area contributed by atoms with Crippen LogP contribution in [0.25, 0.3) is 0 Å². The summed E-state index contributed by atoms with van der Waals surface area (Å²) >= 11 is 0. The zero-order chi connectivity index (χ0) is 12.0. The largest absolute Gasteiger partial charge is 0.325 e. The first-order chi connectivity index (χ1) is 7.74. The van der Waals surface area contributed by atoms with Gasteiger partial charge >= 0.3 is 6.03 Å². The van der Waals surface area contributed by atoms with Gasteiger partial charge in [-0.05, 0) is 33.6 Å². The van der Waals surface area contributed by atoms with Crippen molar-refractivity contribution in [3.05, 3.63) is 0 Å². The SMILES string of the molecule is CCN(CC)C(=O)N(CC)C1CCCCC1. The van der Waals surface area contributed by atoms with Crippen LogP contribution >= 0.6 is 0 Å². The van der Waals surface area contributed by atoms with Gasteiger partial charge in [-0.2, -0.15) is 0 Å². The van der Waals surface area contributed by atoms with Crippen LogP contribution in [0.3, 0.4) is 0 Å². The summed E-state index contributed by atoms with van der Waals surface area (Å²) < 4.78 is 0. The van der Waals surface area contributed by atoms with Gasteiger partial charge < -0.3 is 9.80 Å². The minimum atomic E-state index is 0.236. The average Bonchev–Trinajstić information content (AvgIpc) is 2.33. The molecule has 2 amide bonds. The third-order valence-electron chi connectivity index (χ3n) is 3.64. The molecule has 0 saturated heterocycles. The Bertz CT molecular complexity index is 208. The first kappa shape index (κ1) is 13.3. The molecule has 0 bridgehead atoms. The van der Waals surface area contributed by atoms with Crippen molar-refractivity contribution in [1.29, 1.82) is 0 Å². The van der Waals surface area contributed by atoms with E-state index in [9.17, 15) is 4.79 Å². The lowest BCUT2D eigenvalue weighted by molar-refractivity contribution is 0.126. The topological polar surface area (TPSA) is 23.6 Å². The monoisotopic (exact) mass is 226 g/mol. The van der Waals surface area contributed by atoms with E-state index in [0.717, 1.165) is 19.6 Å². The van der Waals surface area contributed by atoms with Crippen molar-refractivity contribution < 1.29 is 4.79 Å². The van der Waals surface area contributed by atoms with Crippen molar-refractivity contribution in [2.45, 2.75) is 58.9 Å². The van der Waals surface area contributed by atoms with Gasteiger partial charge in [-0.25, -0.2) is 4.79 Å². The summed E-state index contributed by atoms with van der Waals surface area (Å²) in [5.74, 6) is 0. The molecule has 94 valence electrons. The number of carbonyl (C=O) groups excluding carboxylic acids is 1. The average molecular weight is 226 g/mol. The number of hydrogen-bond acceptors (Lipinski definition) is 1. The molecule has 0 aromatic heterocycles. The summed E-state index contributed by atoms with van der Waals surface area (Å²) in [6, 6.07) is 0.728. The Morgan fingerprint density at radius 1 is 1.00 bits per heavy atom. The van der Waals surface area contributed by atoms with E-state index in [4.69, 9.17) is 0 Å². The second-order valence-electron chi connectivity index (χ2n) is 4.53. The fraction of sp³-hybridized carbons (Fsp3) is 0.923. The van der Waals surface area contributed by atoms with Gasteiger partial charge in [0.25, 0.3) is 0 Å². The van der Waals surface area contributed by atoms with Crippen LogP contribution in [0.5, 0.6) is 0 Å². The molecular weight excluding hydrogens is 200 g/mol.